The molecule has 0 radical (unpaired) electrons. The summed E-state index contributed by atoms with van der Waals surface area (Å²) in [4.78, 5) is 64.0. The zero-order chi connectivity index (χ0) is 36.7. The summed E-state index contributed by atoms with van der Waals surface area (Å²) in [5.74, 6) is -2.38. The molecule has 2 N–H and O–H groups in total. The van der Waals surface area contributed by atoms with Gasteiger partial charge in [-0.1, -0.05) is 78.8 Å². The highest BCUT2D eigenvalue weighted by molar-refractivity contribution is 7.91. The number of carbonyl (C=O) groups excluding carboxylic acids is 4. The van der Waals surface area contributed by atoms with E-state index in [0.717, 1.165) is 35.0 Å². The van der Waals surface area contributed by atoms with Gasteiger partial charge in [0.05, 0.1) is 21.5 Å². The van der Waals surface area contributed by atoms with E-state index >= 15 is 0 Å². The van der Waals surface area contributed by atoms with Crippen molar-refractivity contribution in [2.24, 2.45) is 5.92 Å². The number of nitrogens with one attached hydrogen (secondary N) is 2. The van der Waals surface area contributed by atoms with Crippen LogP contribution in [-0.4, -0.2) is 81.8 Å². The van der Waals surface area contributed by atoms with E-state index in [1.807, 2.05) is 66.7 Å². The van der Waals surface area contributed by atoms with Crippen LogP contribution in [0, 0.1) is 5.92 Å². The molecule has 3 fully saturated rings. The minimum absolute atomic E-state index is 0.0652. The second kappa shape index (κ2) is 14.3. The van der Waals surface area contributed by atoms with Gasteiger partial charge in [-0.15, -0.1) is 0 Å². The molecule has 4 aliphatic rings. The number of para-hydroxylation sites is 1. The number of amides is 4. The highest BCUT2D eigenvalue weighted by Gasteiger charge is 2.63. The molecular formula is C38H45N5O7S2. The van der Waals surface area contributed by atoms with Crippen LogP contribution < -0.4 is 14.8 Å². The van der Waals surface area contributed by atoms with E-state index in [0.29, 0.717) is 30.9 Å². The van der Waals surface area contributed by atoms with E-state index in [9.17, 15) is 27.6 Å². The third-order valence-corrected chi connectivity index (χ3v) is 14.1. The molecule has 0 unspecified atom stereocenters. The number of benzene rings is 2. The molecule has 12 nitrogen and oxygen atoms in total. The van der Waals surface area contributed by atoms with Gasteiger partial charge in [-0.3, -0.25) is 23.9 Å². The molecule has 276 valence electrons. The molecule has 2 saturated carbocycles. The van der Waals surface area contributed by atoms with E-state index < -0.39 is 56.2 Å². The van der Waals surface area contributed by atoms with Gasteiger partial charge in [0.25, 0.3) is 11.1 Å². The zero-order valence-electron chi connectivity index (χ0n) is 29.5. The molecule has 0 spiro atoms. The van der Waals surface area contributed by atoms with Crippen LogP contribution in [0.4, 0.5) is 0 Å². The van der Waals surface area contributed by atoms with Crippen LogP contribution in [0.25, 0.3) is 10.2 Å². The van der Waals surface area contributed by atoms with Crippen LogP contribution in [0.1, 0.15) is 77.2 Å². The predicted octanol–water partition coefficient (Wildman–Crippen LogP) is 4.46. The number of nitrogens with zero attached hydrogens (tertiary/aromatic N) is 3. The fourth-order valence-corrected chi connectivity index (χ4v) is 9.54. The van der Waals surface area contributed by atoms with Crippen molar-refractivity contribution in [3.8, 4) is 5.19 Å². The molecule has 0 bridgehead atoms. The van der Waals surface area contributed by atoms with Crippen molar-refractivity contribution in [3.05, 3.63) is 72.3 Å². The van der Waals surface area contributed by atoms with Crippen LogP contribution >= 0.6 is 11.3 Å². The number of sulfonamides is 1. The van der Waals surface area contributed by atoms with Crippen molar-refractivity contribution >= 4 is 55.2 Å². The third kappa shape index (κ3) is 7.32. The number of rotatable bonds is 8. The lowest BCUT2D eigenvalue weighted by Gasteiger charge is -2.35. The number of fused-ring (bicyclic) bond motifs is 3. The largest absolute Gasteiger partial charge is 0.465 e. The number of aromatic nitrogens is 1. The Labute approximate surface area is 308 Å². The maximum absolute atomic E-state index is 14.8. The predicted molar refractivity (Wildman–Crippen MR) is 197 cm³/mol. The first-order valence-electron chi connectivity index (χ1n) is 18.1. The molecular weight excluding hydrogens is 703 g/mol. The van der Waals surface area contributed by atoms with Crippen LogP contribution in [0.3, 0.4) is 0 Å². The fraction of sp³-hybridized carbons (Fsp3) is 0.500. The van der Waals surface area contributed by atoms with E-state index in [-0.39, 0.29) is 37.7 Å². The lowest BCUT2D eigenvalue weighted by Crippen LogP contribution is -2.58. The Morgan fingerprint density at radius 1 is 1.08 bits per heavy atom. The second-order valence-corrected chi connectivity index (χ2v) is 18.0. The minimum Gasteiger partial charge on any atom is -0.465 e. The first-order chi connectivity index (χ1) is 24.9. The maximum atomic E-state index is 14.8. The van der Waals surface area contributed by atoms with Crippen molar-refractivity contribution in [2.45, 2.75) is 107 Å². The average Bonchev–Trinajstić information content (AvgIpc) is 3.92. The van der Waals surface area contributed by atoms with Crippen LogP contribution in [0.15, 0.2) is 66.7 Å². The van der Waals surface area contributed by atoms with Gasteiger partial charge in [0, 0.05) is 25.8 Å². The summed E-state index contributed by atoms with van der Waals surface area (Å²) in [5, 5.41) is 3.34. The third-order valence-electron chi connectivity index (χ3n) is 11.0. The quantitative estimate of drug-likeness (QED) is 0.321. The number of carbonyl (C=O) groups is 4. The Morgan fingerprint density at radius 2 is 1.83 bits per heavy atom. The normalized spacial score (nSPS) is 28.0. The van der Waals surface area contributed by atoms with Crippen molar-refractivity contribution in [1.82, 2.24) is 24.8 Å². The molecule has 14 heteroatoms. The smallest absolute Gasteiger partial charge is 0.274 e. The zero-order valence-corrected chi connectivity index (χ0v) is 31.1. The molecule has 2 aromatic carbocycles. The van der Waals surface area contributed by atoms with Crippen molar-refractivity contribution < 1.29 is 32.3 Å². The van der Waals surface area contributed by atoms with E-state index in [1.165, 1.54) is 23.2 Å². The van der Waals surface area contributed by atoms with Gasteiger partial charge in [0.15, 0.2) is 0 Å². The molecule has 2 aliphatic heterocycles. The van der Waals surface area contributed by atoms with E-state index in [1.54, 1.807) is 11.8 Å². The van der Waals surface area contributed by atoms with Gasteiger partial charge in [0.2, 0.25) is 27.7 Å². The lowest BCUT2D eigenvalue weighted by molar-refractivity contribution is -0.149. The van der Waals surface area contributed by atoms with Gasteiger partial charge in [-0.25, -0.2) is 13.4 Å². The number of hydrogen-bond acceptors (Lipinski definition) is 9. The molecule has 1 aromatic heterocycles. The summed E-state index contributed by atoms with van der Waals surface area (Å²) in [6, 6.07) is 15.2. The first kappa shape index (κ1) is 36.1. The van der Waals surface area contributed by atoms with Gasteiger partial charge >= 0.3 is 0 Å². The molecule has 3 heterocycles. The molecule has 2 aliphatic carbocycles. The minimum atomic E-state index is -3.96. The Hall–Kier alpha value is -4.30. The Kier molecular flexibility index (Phi) is 9.89. The van der Waals surface area contributed by atoms with E-state index in [2.05, 4.69) is 15.0 Å². The Bertz CT molecular complexity index is 1960. The number of hydrogen-bond donors (Lipinski definition) is 2. The Balaban J connectivity index is 1.21. The van der Waals surface area contributed by atoms with Crippen LogP contribution in [0.2, 0.25) is 0 Å². The molecule has 52 heavy (non-hydrogen) atoms. The SMILES string of the molecule is CC(=O)N(Cc1ccccc1)[C@H]1CCCCC/C=C\[C@H]2C[C@@]2(C(=O)NS(=O)(=O)C2(C)CC2)NC(=O)[C@@H]2C[C@@H](Oc3nc4ccccc4s3)CN2C1=O. The molecule has 5 atom stereocenters. The molecule has 4 amide bonds. The van der Waals surface area contributed by atoms with Crippen molar-refractivity contribution in [1.29, 1.82) is 0 Å². The maximum Gasteiger partial charge on any atom is 0.274 e. The lowest BCUT2D eigenvalue weighted by atomic mass is 10.0. The summed E-state index contributed by atoms with van der Waals surface area (Å²) >= 11 is 1.37. The standard InChI is InChI=1S/C38H45N5O7S2/c1-25(44)42(23-26-13-7-6-8-14-26)30-17-10-5-3-4-9-15-27-22-38(27,35(47)41-52(48,49)37(2)19-20-37)40-33(45)31-21-28(24-43(31)34(30)46)50-36-39-29-16-11-12-18-32(29)51-36/h6-9,11-16,18,27-28,30-31H,3-5,10,17,19-24H2,1-2H3,(H,40,45)(H,41,47)/b15-9-/t27-,28+,30-,31-,38+/m0/s1. The van der Waals surface area contributed by atoms with E-state index in [4.69, 9.17) is 4.74 Å². The highest BCUT2D eigenvalue weighted by Crippen LogP contribution is 2.47. The highest BCUT2D eigenvalue weighted by atomic mass is 32.2. The monoisotopic (exact) mass is 747 g/mol. The molecule has 1 saturated heterocycles. The second-order valence-electron chi connectivity index (χ2n) is 14.8. The number of thiazole rings is 1. The van der Waals surface area contributed by atoms with Gasteiger partial charge in [-0.05, 0) is 63.1 Å². The Morgan fingerprint density at radius 3 is 2.56 bits per heavy atom. The van der Waals surface area contributed by atoms with Crippen molar-refractivity contribution in [2.75, 3.05) is 6.54 Å². The van der Waals surface area contributed by atoms with Gasteiger partial charge in [0.1, 0.15) is 23.7 Å². The number of allylic oxidation sites excluding steroid dienone is 1. The topological polar surface area (TPSA) is 155 Å². The molecule has 7 rings (SSSR count). The average molecular weight is 748 g/mol. The summed E-state index contributed by atoms with van der Waals surface area (Å²) in [7, 11) is -3.96. The summed E-state index contributed by atoms with van der Waals surface area (Å²) in [5.41, 5.74) is 0.172. The molecule has 3 aromatic rings. The summed E-state index contributed by atoms with van der Waals surface area (Å²) in [6.07, 6.45) is 7.98. The number of ether oxygens (including phenoxy) is 1. The van der Waals surface area contributed by atoms with Gasteiger partial charge in [-0.2, -0.15) is 0 Å². The van der Waals surface area contributed by atoms with Crippen molar-refractivity contribution in [3.63, 3.8) is 0 Å². The fourth-order valence-electron chi connectivity index (χ4n) is 7.35. The van der Waals surface area contributed by atoms with Crippen LogP contribution in [0.5, 0.6) is 5.19 Å². The summed E-state index contributed by atoms with van der Waals surface area (Å²) in [6.45, 7) is 3.35. The van der Waals surface area contributed by atoms with Gasteiger partial charge < -0.3 is 19.9 Å². The first-order valence-corrected chi connectivity index (χ1v) is 20.4. The van der Waals surface area contributed by atoms with Crippen LogP contribution in [-0.2, 0) is 35.7 Å². The summed E-state index contributed by atoms with van der Waals surface area (Å²) < 4.78 is 34.8.